The fourth-order valence-corrected chi connectivity index (χ4v) is 5.82. The average molecular weight is 506 g/mol. The molecule has 0 saturated carbocycles. The lowest BCUT2D eigenvalue weighted by atomic mass is 9.89. The number of primary amides is 1. The normalized spacial score (nSPS) is 15.0. The number of anilines is 2. The number of thiophene rings is 1. The van der Waals surface area contributed by atoms with Crippen molar-refractivity contribution >= 4 is 39.1 Å². The Morgan fingerprint density at radius 2 is 2.11 bits per heavy atom. The summed E-state index contributed by atoms with van der Waals surface area (Å²) in [6.45, 7) is 6.27. The second kappa shape index (κ2) is 10.2. The molecule has 5 rings (SSSR count). The van der Waals surface area contributed by atoms with Gasteiger partial charge in [-0.15, -0.1) is 11.3 Å². The summed E-state index contributed by atoms with van der Waals surface area (Å²) in [5.41, 5.74) is 10.1. The van der Waals surface area contributed by atoms with Gasteiger partial charge in [0, 0.05) is 22.2 Å². The van der Waals surface area contributed by atoms with Crippen molar-refractivity contribution in [1.82, 2.24) is 25.1 Å². The molecule has 0 radical (unpaired) electrons. The number of hydrogen-bond donors (Lipinski definition) is 3. The molecule has 1 aromatic carbocycles. The van der Waals surface area contributed by atoms with E-state index in [1.54, 1.807) is 18.6 Å². The fourth-order valence-electron chi connectivity index (χ4n) is 4.68. The number of fused-ring (bicyclic) bond motifs is 1. The van der Waals surface area contributed by atoms with Crippen molar-refractivity contribution in [2.24, 2.45) is 5.73 Å². The highest BCUT2D eigenvalue weighted by molar-refractivity contribution is 7.19. The van der Waals surface area contributed by atoms with Crippen LogP contribution in [0.15, 0.2) is 36.8 Å². The van der Waals surface area contributed by atoms with Crippen molar-refractivity contribution in [1.29, 1.82) is 0 Å². The molecule has 188 valence electrons. The van der Waals surface area contributed by atoms with Crippen LogP contribution in [0.5, 0.6) is 5.75 Å². The van der Waals surface area contributed by atoms with E-state index in [1.807, 2.05) is 13.8 Å². The zero-order valence-electron chi connectivity index (χ0n) is 20.7. The van der Waals surface area contributed by atoms with E-state index in [-0.39, 0.29) is 12.5 Å². The van der Waals surface area contributed by atoms with Gasteiger partial charge in [0.15, 0.2) is 0 Å². The average Bonchev–Trinajstić information content (AvgIpc) is 3.47. The van der Waals surface area contributed by atoms with E-state index in [4.69, 9.17) is 15.5 Å². The molecule has 0 spiro atoms. The topological polar surface area (TPSA) is 122 Å². The molecule has 4 N–H and O–H groups in total. The maximum absolute atomic E-state index is 11.7. The van der Waals surface area contributed by atoms with Gasteiger partial charge in [0.2, 0.25) is 11.9 Å². The predicted octanol–water partition coefficient (Wildman–Crippen LogP) is 4.45. The van der Waals surface area contributed by atoms with E-state index in [0.717, 1.165) is 63.6 Å². The van der Waals surface area contributed by atoms with E-state index in [0.29, 0.717) is 11.9 Å². The number of hydrogen-bond acceptors (Lipinski definition) is 8. The number of H-pyrrole nitrogens is 1. The summed E-state index contributed by atoms with van der Waals surface area (Å²) in [7, 11) is 2.18. The second-order valence-corrected chi connectivity index (χ2v) is 10.7. The molecule has 1 amide bonds. The van der Waals surface area contributed by atoms with Crippen molar-refractivity contribution in [2.45, 2.75) is 45.1 Å². The molecule has 0 bridgehead atoms. The van der Waals surface area contributed by atoms with Gasteiger partial charge in [-0.25, -0.2) is 9.97 Å². The molecule has 1 aliphatic rings. The fraction of sp³-hybridized carbons (Fsp3) is 0.385. The van der Waals surface area contributed by atoms with Crippen LogP contribution in [0.1, 0.15) is 43.0 Å². The summed E-state index contributed by atoms with van der Waals surface area (Å²) in [6, 6.07) is 6.39. The molecule has 10 heteroatoms. The number of benzene rings is 1. The highest BCUT2D eigenvalue weighted by Gasteiger charge is 2.21. The van der Waals surface area contributed by atoms with Crippen molar-refractivity contribution in [2.75, 3.05) is 25.5 Å². The molecule has 9 nitrogen and oxygen atoms in total. The van der Waals surface area contributed by atoms with Gasteiger partial charge < -0.3 is 20.7 Å². The standard InChI is InChI=1S/C26H31N7O2S/c1-15(2)35-20-10-17(16-6-8-33(3)9-7-16)4-5-19(20)31-26-28-14-22-25(32-26)24(18-12-29-30-13-18)21(36-22)11-23(27)34/h4-5,10,12-16H,6-9,11H2,1-3H3,(H2,27,34)(H,29,30)(H,28,31,32). The maximum atomic E-state index is 11.7. The molecule has 1 aliphatic heterocycles. The Morgan fingerprint density at radius 1 is 1.31 bits per heavy atom. The third-order valence-electron chi connectivity index (χ3n) is 6.43. The molecular weight excluding hydrogens is 474 g/mol. The van der Waals surface area contributed by atoms with Gasteiger partial charge in [0.25, 0.3) is 0 Å². The van der Waals surface area contributed by atoms with E-state index in [1.165, 1.54) is 16.9 Å². The third-order valence-corrected chi connectivity index (χ3v) is 7.54. The smallest absolute Gasteiger partial charge is 0.227 e. The molecule has 0 aliphatic carbocycles. The molecule has 36 heavy (non-hydrogen) atoms. The van der Waals surface area contributed by atoms with Crippen LogP contribution in [-0.4, -0.2) is 57.2 Å². The Kier molecular flexibility index (Phi) is 6.88. The van der Waals surface area contributed by atoms with Crippen molar-refractivity contribution in [3.8, 4) is 16.9 Å². The number of piperidine rings is 1. The number of nitrogens with one attached hydrogen (secondary N) is 2. The number of carbonyl (C=O) groups is 1. The Morgan fingerprint density at radius 3 is 2.81 bits per heavy atom. The molecule has 0 unspecified atom stereocenters. The zero-order valence-corrected chi connectivity index (χ0v) is 21.6. The quantitative estimate of drug-likeness (QED) is 0.323. The summed E-state index contributed by atoms with van der Waals surface area (Å²) in [6.07, 6.45) is 7.74. The number of aromatic nitrogens is 4. The van der Waals surface area contributed by atoms with Gasteiger partial charge in [0.1, 0.15) is 5.75 Å². The SMILES string of the molecule is CC(C)Oc1cc(C2CCN(C)CC2)ccc1Nc1ncc2sc(CC(N)=O)c(-c3cn[nH]c3)c2n1. The molecule has 4 aromatic rings. The monoisotopic (exact) mass is 505 g/mol. The number of carbonyl (C=O) groups excluding carboxylic acids is 1. The van der Waals surface area contributed by atoms with Crippen LogP contribution >= 0.6 is 11.3 Å². The number of nitrogens with two attached hydrogens (primary N) is 1. The summed E-state index contributed by atoms with van der Waals surface area (Å²) in [4.78, 5) is 24.3. The van der Waals surface area contributed by atoms with Crippen LogP contribution in [-0.2, 0) is 11.2 Å². The van der Waals surface area contributed by atoms with Gasteiger partial charge in [-0.2, -0.15) is 5.10 Å². The lowest BCUT2D eigenvalue weighted by molar-refractivity contribution is -0.117. The van der Waals surface area contributed by atoms with Crippen LogP contribution in [0.4, 0.5) is 11.6 Å². The number of nitrogens with zero attached hydrogens (tertiary/aromatic N) is 4. The first-order valence-corrected chi connectivity index (χ1v) is 13.0. The Balaban J connectivity index is 1.49. The molecule has 1 saturated heterocycles. The van der Waals surface area contributed by atoms with Gasteiger partial charge in [-0.05, 0) is 70.4 Å². The lowest BCUT2D eigenvalue weighted by Gasteiger charge is -2.29. The largest absolute Gasteiger partial charge is 0.489 e. The summed E-state index contributed by atoms with van der Waals surface area (Å²) in [5, 5.41) is 10.3. The van der Waals surface area contributed by atoms with E-state index in [9.17, 15) is 4.79 Å². The molecule has 1 fully saturated rings. The zero-order chi connectivity index (χ0) is 25.2. The molecular formula is C26H31N7O2S. The minimum absolute atomic E-state index is 0.0302. The third kappa shape index (κ3) is 5.19. The molecule has 0 atom stereocenters. The van der Waals surface area contributed by atoms with Crippen molar-refractivity contribution in [3.05, 3.63) is 47.2 Å². The Hall–Kier alpha value is -3.50. The summed E-state index contributed by atoms with van der Waals surface area (Å²) in [5.74, 6) is 1.39. The van der Waals surface area contributed by atoms with Crippen molar-refractivity contribution < 1.29 is 9.53 Å². The number of ether oxygens (including phenoxy) is 1. The van der Waals surface area contributed by atoms with Crippen LogP contribution in [0.2, 0.25) is 0 Å². The number of likely N-dealkylation sites (tertiary alicyclic amines) is 1. The van der Waals surface area contributed by atoms with Crippen molar-refractivity contribution in [3.63, 3.8) is 0 Å². The highest BCUT2D eigenvalue weighted by Crippen LogP contribution is 2.39. The van der Waals surface area contributed by atoms with E-state index >= 15 is 0 Å². The highest BCUT2D eigenvalue weighted by atomic mass is 32.1. The summed E-state index contributed by atoms with van der Waals surface area (Å²) >= 11 is 1.47. The number of aromatic amines is 1. The Bertz CT molecular complexity index is 1360. The first-order valence-electron chi connectivity index (χ1n) is 12.2. The van der Waals surface area contributed by atoms with E-state index in [2.05, 4.69) is 50.6 Å². The number of amides is 1. The first-order chi connectivity index (χ1) is 17.4. The van der Waals surface area contributed by atoms with Gasteiger partial charge >= 0.3 is 0 Å². The van der Waals surface area contributed by atoms with Gasteiger partial charge in [0.05, 0.1) is 40.8 Å². The van der Waals surface area contributed by atoms with Crippen LogP contribution in [0, 0.1) is 0 Å². The van der Waals surface area contributed by atoms with E-state index < -0.39 is 5.91 Å². The minimum Gasteiger partial charge on any atom is -0.489 e. The first kappa shape index (κ1) is 24.2. The summed E-state index contributed by atoms with van der Waals surface area (Å²) < 4.78 is 7.08. The lowest BCUT2D eigenvalue weighted by Crippen LogP contribution is -2.29. The predicted molar refractivity (Wildman–Crippen MR) is 143 cm³/mol. The van der Waals surface area contributed by atoms with Gasteiger partial charge in [-0.1, -0.05) is 6.07 Å². The van der Waals surface area contributed by atoms with Crippen LogP contribution in [0.25, 0.3) is 21.3 Å². The van der Waals surface area contributed by atoms with Crippen LogP contribution < -0.4 is 15.8 Å². The maximum Gasteiger partial charge on any atom is 0.227 e. The Labute approximate surface area is 214 Å². The molecule has 3 aromatic heterocycles. The minimum atomic E-state index is -0.391. The number of rotatable bonds is 8. The second-order valence-electron chi connectivity index (χ2n) is 9.56. The molecule has 4 heterocycles. The van der Waals surface area contributed by atoms with Crippen LogP contribution in [0.3, 0.4) is 0 Å². The van der Waals surface area contributed by atoms with Gasteiger partial charge in [-0.3, -0.25) is 9.89 Å².